The zero-order chi connectivity index (χ0) is 18.8. The van der Waals surface area contributed by atoms with Crippen molar-refractivity contribution in [2.24, 2.45) is 0 Å². The highest BCUT2D eigenvalue weighted by atomic mass is 16.5. The molecule has 2 rings (SSSR count). The summed E-state index contributed by atoms with van der Waals surface area (Å²) in [7, 11) is 0. The van der Waals surface area contributed by atoms with Gasteiger partial charge in [0.05, 0.1) is 17.4 Å². The maximum absolute atomic E-state index is 11.1. The molecule has 2 N–H and O–H groups in total. The van der Waals surface area contributed by atoms with Crippen LogP contribution in [0.4, 0.5) is 0 Å². The molecule has 0 saturated carbocycles. The highest BCUT2D eigenvalue weighted by Crippen LogP contribution is 2.16. The van der Waals surface area contributed by atoms with Gasteiger partial charge in [0.15, 0.2) is 0 Å². The number of amides is 1. The van der Waals surface area contributed by atoms with E-state index in [1.807, 2.05) is 24.5 Å². The molecule has 0 atom stereocenters. The summed E-state index contributed by atoms with van der Waals surface area (Å²) in [5.74, 6) is -0.547. The Morgan fingerprint density at radius 1 is 1.27 bits per heavy atom. The van der Waals surface area contributed by atoms with E-state index in [1.165, 1.54) is 31.8 Å². The average molecular weight is 358 g/mol. The summed E-state index contributed by atoms with van der Waals surface area (Å²) in [4.78, 5) is 18.0. The topological polar surface area (TPSA) is 70.4 Å². The SMILES string of the molecule is CCCCCCN(CC)CCn1cnc2cc(/C=C/C(=O)NO)ccc21. The average Bonchev–Trinajstić information content (AvgIpc) is 3.07. The normalized spacial score (nSPS) is 11.7. The van der Waals surface area contributed by atoms with Crippen LogP contribution in [0.2, 0.25) is 0 Å². The number of fused-ring (bicyclic) bond motifs is 1. The maximum Gasteiger partial charge on any atom is 0.267 e. The van der Waals surface area contributed by atoms with E-state index in [4.69, 9.17) is 5.21 Å². The van der Waals surface area contributed by atoms with Crippen molar-refractivity contribution in [3.8, 4) is 0 Å². The Labute approximate surface area is 155 Å². The van der Waals surface area contributed by atoms with Gasteiger partial charge in [-0.15, -0.1) is 0 Å². The zero-order valence-corrected chi connectivity index (χ0v) is 15.8. The number of unbranched alkanes of at least 4 members (excludes halogenated alkanes) is 3. The van der Waals surface area contributed by atoms with E-state index in [0.717, 1.165) is 42.8 Å². The summed E-state index contributed by atoms with van der Waals surface area (Å²) in [5.41, 5.74) is 4.45. The van der Waals surface area contributed by atoms with Crippen molar-refractivity contribution in [2.75, 3.05) is 19.6 Å². The van der Waals surface area contributed by atoms with E-state index in [-0.39, 0.29) is 0 Å². The molecule has 6 heteroatoms. The van der Waals surface area contributed by atoms with Crippen LogP contribution in [0.1, 0.15) is 45.1 Å². The molecule has 0 unspecified atom stereocenters. The highest BCUT2D eigenvalue weighted by Gasteiger charge is 2.06. The van der Waals surface area contributed by atoms with E-state index in [2.05, 4.69) is 28.3 Å². The van der Waals surface area contributed by atoms with E-state index in [0.29, 0.717) is 0 Å². The molecule has 0 aliphatic carbocycles. The summed E-state index contributed by atoms with van der Waals surface area (Å²) < 4.78 is 2.18. The van der Waals surface area contributed by atoms with Gasteiger partial charge in [-0.3, -0.25) is 10.0 Å². The number of carbonyl (C=O) groups is 1. The van der Waals surface area contributed by atoms with Gasteiger partial charge in [0, 0.05) is 19.2 Å². The van der Waals surface area contributed by atoms with Crippen LogP contribution in [0.25, 0.3) is 17.1 Å². The minimum atomic E-state index is -0.547. The van der Waals surface area contributed by atoms with Gasteiger partial charge < -0.3 is 9.47 Å². The molecule has 1 aromatic carbocycles. The van der Waals surface area contributed by atoms with Gasteiger partial charge in [-0.2, -0.15) is 0 Å². The summed E-state index contributed by atoms with van der Waals surface area (Å²) in [6.07, 6.45) is 9.99. The molecular formula is C20H30N4O2. The molecule has 0 bridgehead atoms. The molecule has 0 aliphatic heterocycles. The molecular weight excluding hydrogens is 328 g/mol. The Kier molecular flexibility index (Phi) is 8.31. The molecule has 26 heavy (non-hydrogen) atoms. The lowest BCUT2D eigenvalue weighted by atomic mass is 10.2. The van der Waals surface area contributed by atoms with Gasteiger partial charge in [-0.1, -0.05) is 39.2 Å². The van der Waals surface area contributed by atoms with Crippen LogP contribution >= 0.6 is 0 Å². The number of carbonyl (C=O) groups excluding carboxylic acids is 1. The van der Waals surface area contributed by atoms with E-state index >= 15 is 0 Å². The Morgan fingerprint density at radius 2 is 2.12 bits per heavy atom. The number of hydrogen-bond donors (Lipinski definition) is 2. The third kappa shape index (κ3) is 5.97. The highest BCUT2D eigenvalue weighted by molar-refractivity contribution is 5.91. The number of hydrogen-bond acceptors (Lipinski definition) is 4. The molecule has 0 spiro atoms. The summed E-state index contributed by atoms with van der Waals surface area (Å²) in [6.45, 7) is 8.62. The van der Waals surface area contributed by atoms with Crippen LogP contribution < -0.4 is 5.48 Å². The number of nitrogens with zero attached hydrogens (tertiary/aromatic N) is 3. The summed E-state index contributed by atoms with van der Waals surface area (Å²) >= 11 is 0. The minimum Gasteiger partial charge on any atom is -0.329 e. The van der Waals surface area contributed by atoms with Crippen LogP contribution in [-0.4, -0.2) is 45.2 Å². The molecule has 0 aliphatic rings. The Hall–Kier alpha value is -2.18. The van der Waals surface area contributed by atoms with Gasteiger partial charge in [-0.05, 0) is 43.3 Å². The first kappa shape index (κ1) is 20.1. The number of hydroxylamine groups is 1. The lowest BCUT2D eigenvalue weighted by Crippen LogP contribution is -2.28. The molecule has 6 nitrogen and oxygen atoms in total. The largest absolute Gasteiger partial charge is 0.329 e. The van der Waals surface area contributed by atoms with Crippen molar-refractivity contribution in [1.29, 1.82) is 0 Å². The smallest absolute Gasteiger partial charge is 0.267 e. The third-order valence-corrected chi connectivity index (χ3v) is 4.61. The number of rotatable bonds is 11. The number of aromatic nitrogens is 2. The molecule has 1 amide bonds. The second kappa shape index (κ2) is 10.7. The monoisotopic (exact) mass is 358 g/mol. The van der Waals surface area contributed by atoms with Crippen molar-refractivity contribution >= 4 is 23.0 Å². The molecule has 142 valence electrons. The zero-order valence-electron chi connectivity index (χ0n) is 15.8. The fourth-order valence-corrected chi connectivity index (χ4v) is 3.01. The summed E-state index contributed by atoms with van der Waals surface area (Å²) in [6, 6.07) is 5.91. The Balaban J connectivity index is 1.95. The second-order valence-corrected chi connectivity index (χ2v) is 6.49. The standard InChI is InChI=1S/C20H30N4O2/c1-3-5-6-7-12-23(4-2)13-14-24-16-21-18-15-17(8-10-19(18)24)9-11-20(25)22-26/h8-11,15-16,26H,3-7,12-14H2,1-2H3,(H,22,25)/b11-9+. The van der Waals surface area contributed by atoms with Crippen molar-refractivity contribution in [3.63, 3.8) is 0 Å². The fourth-order valence-electron chi connectivity index (χ4n) is 3.01. The molecule has 1 aromatic heterocycles. The number of imidazole rings is 1. The number of benzene rings is 1. The Morgan fingerprint density at radius 3 is 2.85 bits per heavy atom. The van der Waals surface area contributed by atoms with Crippen LogP contribution in [0, 0.1) is 0 Å². The lowest BCUT2D eigenvalue weighted by molar-refractivity contribution is -0.124. The van der Waals surface area contributed by atoms with Gasteiger partial charge in [0.1, 0.15) is 0 Å². The quantitative estimate of drug-likeness (QED) is 0.279. The van der Waals surface area contributed by atoms with Crippen LogP contribution in [0.3, 0.4) is 0 Å². The van der Waals surface area contributed by atoms with Crippen molar-refractivity contribution in [3.05, 3.63) is 36.2 Å². The first-order valence-corrected chi connectivity index (χ1v) is 9.47. The lowest BCUT2D eigenvalue weighted by Gasteiger charge is -2.20. The van der Waals surface area contributed by atoms with Gasteiger partial charge >= 0.3 is 0 Å². The van der Waals surface area contributed by atoms with Crippen molar-refractivity contribution in [2.45, 2.75) is 46.1 Å². The maximum atomic E-state index is 11.1. The second-order valence-electron chi connectivity index (χ2n) is 6.49. The summed E-state index contributed by atoms with van der Waals surface area (Å²) in [5, 5.41) is 8.52. The van der Waals surface area contributed by atoms with Gasteiger partial charge in [-0.25, -0.2) is 10.5 Å². The van der Waals surface area contributed by atoms with Crippen LogP contribution in [0.5, 0.6) is 0 Å². The van der Waals surface area contributed by atoms with Crippen molar-refractivity contribution in [1.82, 2.24) is 19.9 Å². The Bertz CT molecular complexity index is 724. The predicted molar refractivity (Wildman–Crippen MR) is 105 cm³/mol. The van der Waals surface area contributed by atoms with Crippen molar-refractivity contribution < 1.29 is 10.0 Å². The predicted octanol–water partition coefficient (Wildman–Crippen LogP) is 3.46. The first-order valence-electron chi connectivity index (χ1n) is 9.47. The van der Waals surface area contributed by atoms with E-state index in [9.17, 15) is 4.79 Å². The van der Waals surface area contributed by atoms with Gasteiger partial charge in [0.25, 0.3) is 5.91 Å². The third-order valence-electron chi connectivity index (χ3n) is 4.61. The molecule has 0 fully saturated rings. The number of likely N-dealkylation sites (N-methyl/N-ethyl adjacent to an activating group) is 1. The number of nitrogens with one attached hydrogen (secondary N) is 1. The van der Waals surface area contributed by atoms with Crippen LogP contribution in [-0.2, 0) is 11.3 Å². The molecule has 1 heterocycles. The van der Waals surface area contributed by atoms with Gasteiger partial charge in [0.2, 0.25) is 0 Å². The molecule has 0 saturated heterocycles. The molecule has 2 aromatic rings. The van der Waals surface area contributed by atoms with Crippen LogP contribution in [0.15, 0.2) is 30.6 Å². The van der Waals surface area contributed by atoms with E-state index < -0.39 is 5.91 Å². The van der Waals surface area contributed by atoms with E-state index in [1.54, 1.807) is 11.6 Å². The molecule has 0 radical (unpaired) electrons. The fraction of sp³-hybridized carbons (Fsp3) is 0.500. The minimum absolute atomic E-state index is 0.547. The first-order chi connectivity index (χ1) is 12.7.